The molecular formula is C53H57N5O11. The van der Waals surface area contributed by atoms with E-state index in [9.17, 15) is 19.5 Å². The van der Waals surface area contributed by atoms with Crippen LogP contribution in [-0.4, -0.2) is 109 Å². The maximum atomic E-state index is 14.1. The molecule has 2 N–H and O–H groups in total. The molecule has 5 aromatic rings. The van der Waals surface area contributed by atoms with E-state index in [0.717, 1.165) is 39.3 Å². The van der Waals surface area contributed by atoms with Gasteiger partial charge >= 0.3 is 5.97 Å². The monoisotopic (exact) mass is 939 g/mol. The van der Waals surface area contributed by atoms with Crippen LogP contribution in [0.5, 0.6) is 23.0 Å². The lowest BCUT2D eigenvalue weighted by Gasteiger charge is -2.26. The van der Waals surface area contributed by atoms with Crippen molar-refractivity contribution in [2.45, 2.75) is 51.4 Å². The molecule has 69 heavy (non-hydrogen) atoms. The largest absolute Gasteiger partial charge is 0.493 e. The van der Waals surface area contributed by atoms with Crippen molar-refractivity contribution < 1.29 is 52.6 Å². The molecule has 0 aliphatic carbocycles. The highest BCUT2D eigenvalue weighted by atomic mass is 16.5. The van der Waals surface area contributed by atoms with Gasteiger partial charge in [0.1, 0.15) is 13.2 Å². The summed E-state index contributed by atoms with van der Waals surface area (Å²) in [5.41, 5.74) is 7.72. The molecule has 0 unspecified atom stereocenters. The van der Waals surface area contributed by atoms with E-state index < -0.39 is 5.97 Å². The van der Waals surface area contributed by atoms with Gasteiger partial charge in [0, 0.05) is 74.7 Å². The van der Waals surface area contributed by atoms with Crippen molar-refractivity contribution in [2.24, 2.45) is 9.98 Å². The Morgan fingerprint density at radius 3 is 2.10 bits per heavy atom. The number of aryl methyl sites for hydroxylation is 1. The Hall–Kier alpha value is -7.27. The Bertz CT molecular complexity index is 2670. The summed E-state index contributed by atoms with van der Waals surface area (Å²) in [6, 6.07) is 28.1. The topological polar surface area (TPSA) is 179 Å². The Labute approximate surface area is 401 Å². The van der Waals surface area contributed by atoms with Crippen molar-refractivity contribution in [1.29, 1.82) is 0 Å². The number of aliphatic imine (C=N–C) groups is 2. The van der Waals surface area contributed by atoms with Gasteiger partial charge in [-0.2, -0.15) is 0 Å². The second-order valence-electron chi connectivity index (χ2n) is 16.6. The molecule has 16 heteroatoms. The smallest absolute Gasteiger partial charge is 0.303 e. The maximum absolute atomic E-state index is 14.1. The second-order valence-corrected chi connectivity index (χ2v) is 16.6. The normalized spacial score (nSPS) is 14.7. The number of carboxylic acid groups (broad SMARTS) is 1. The summed E-state index contributed by atoms with van der Waals surface area (Å²) in [6.07, 6.45) is 6.05. The number of hydrogen-bond acceptors (Lipinski definition) is 13. The zero-order valence-electron chi connectivity index (χ0n) is 39.1. The van der Waals surface area contributed by atoms with Gasteiger partial charge in [0.2, 0.25) is 0 Å². The number of ether oxygens (including phenoxy) is 7. The molecule has 3 aliphatic rings. The minimum atomic E-state index is -0.885. The number of para-hydroxylation sites is 2. The first-order valence-corrected chi connectivity index (χ1v) is 23.0. The number of carbonyl (C=O) groups is 3. The average Bonchev–Trinajstić information content (AvgIpc) is 3.68. The number of anilines is 3. The highest BCUT2D eigenvalue weighted by Gasteiger charge is 2.36. The minimum Gasteiger partial charge on any atom is -0.493 e. The van der Waals surface area contributed by atoms with Gasteiger partial charge in [0.15, 0.2) is 23.0 Å². The van der Waals surface area contributed by atoms with Gasteiger partial charge in [0.25, 0.3) is 11.8 Å². The van der Waals surface area contributed by atoms with Crippen LogP contribution in [0, 0.1) is 0 Å². The Morgan fingerprint density at radius 2 is 1.39 bits per heavy atom. The lowest BCUT2D eigenvalue weighted by Crippen LogP contribution is -2.37. The number of benzene rings is 5. The molecule has 0 spiro atoms. The van der Waals surface area contributed by atoms with E-state index in [1.165, 1.54) is 14.2 Å². The molecule has 0 fully saturated rings. The van der Waals surface area contributed by atoms with Gasteiger partial charge in [0.05, 0.1) is 75.8 Å². The van der Waals surface area contributed by atoms with E-state index in [2.05, 4.69) is 10.2 Å². The molecule has 0 saturated heterocycles. The quantitative estimate of drug-likeness (QED) is 0.0634. The minimum absolute atomic E-state index is 0.0112. The van der Waals surface area contributed by atoms with E-state index in [1.807, 2.05) is 79.2 Å². The molecule has 3 aliphatic heterocycles. The van der Waals surface area contributed by atoms with Crippen molar-refractivity contribution in [3.8, 4) is 23.0 Å². The SMILES string of the molecule is COCCOCCOCCN(CCCC(=O)O)c1cc(COc2cc3c(cc2OC)C(=O)Nc2ccccc2CCC=N3)cc(COc2cc3c(cc2OC)C(=O)N2c4ccccc4C[C@H]2C=N3)c1. The highest BCUT2D eigenvalue weighted by Crippen LogP contribution is 2.42. The van der Waals surface area contributed by atoms with Gasteiger partial charge in [-0.3, -0.25) is 29.3 Å². The van der Waals surface area contributed by atoms with E-state index in [4.69, 9.17) is 43.1 Å². The predicted octanol–water partition coefficient (Wildman–Crippen LogP) is 8.40. The number of nitrogens with one attached hydrogen (secondary N) is 1. The van der Waals surface area contributed by atoms with Gasteiger partial charge in [-0.1, -0.05) is 36.4 Å². The van der Waals surface area contributed by atoms with Crippen molar-refractivity contribution >= 4 is 58.6 Å². The van der Waals surface area contributed by atoms with E-state index in [0.29, 0.717) is 117 Å². The Kier molecular flexibility index (Phi) is 16.2. The molecule has 0 radical (unpaired) electrons. The van der Waals surface area contributed by atoms with Crippen LogP contribution in [0.3, 0.4) is 0 Å². The first-order valence-electron chi connectivity index (χ1n) is 23.0. The Balaban J connectivity index is 1.07. The van der Waals surface area contributed by atoms with Gasteiger partial charge in [-0.05, 0) is 84.0 Å². The van der Waals surface area contributed by atoms with Crippen LogP contribution >= 0.6 is 0 Å². The molecule has 5 aromatic carbocycles. The number of aliphatic carboxylic acids is 1. The van der Waals surface area contributed by atoms with Crippen molar-refractivity contribution in [2.75, 3.05) is 82.6 Å². The van der Waals surface area contributed by atoms with Crippen LogP contribution in [0.1, 0.15) is 62.2 Å². The zero-order chi connectivity index (χ0) is 48.1. The van der Waals surface area contributed by atoms with Crippen molar-refractivity contribution in [3.63, 3.8) is 0 Å². The number of fused-ring (bicyclic) bond motifs is 6. The van der Waals surface area contributed by atoms with Gasteiger partial charge < -0.3 is 48.5 Å². The number of carboxylic acids is 1. The number of carbonyl (C=O) groups excluding carboxylic acids is 2. The van der Waals surface area contributed by atoms with Crippen LogP contribution in [0.2, 0.25) is 0 Å². The van der Waals surface area contributed by atoms with Crippen LogP contribution in [-0.2, 0) is 45.1 Å². The lowest BCUT2D eigenvalue weighted by atomic mass is 10.1. The van der Waals surface area contributed by atoms with E-state index in [-0.39, 0.29) is 37.5 Å². The van der Waals surface area contributed by atoms with E-state index in [1.54, 1.807) is 36.3 Å². The average molecular weight is 940 g/mol. The van der Waals surface area contributed by atoms with E-state index >= 15 is 0 Å². The zero-order valence-corrected chi connectivity index (χ0v) is 39.1. The van der Waals surface area contributed by atoms with Crippen LogP contribution in [0.25, 0.3) is 0 Å². The summed E-state index contributed by atoms with van der Waals surface area (Å²) in [5.74, 6) is 0.137. The number of amides is 2. The number of hydrogen-bond donors (Lipinski definition) is 2. The molecular weight excluding hydrogens is 883 g/mol. The molecule has 0 saturated carbocycles. The third kappa shape index (κ3) is 11.9. The molecule has 8 rings (SSSR count). The standard InChI is InChI=1S/C53H57N5O11/c1-63-20-21-67-23-22-66-19-18-57(17-9-15-51(59)60)39-25-35(33-68-49-30-44-41(28-47(49)64-2)52(61)56-43-13-6-4-10-37(43)12-8-16-54-44)24-36(26-39)34-69-50-31-45-42(29-48(50)65-3)53(62)58-40(32-55-45)27-38-11-5-7-14-46(38)58/h4-7,10-11,13-14,16,24-26,28-32,40H,8-9,12,15,17-23,27,33-34H2,1-3H3,(H,56,61)(H,59,60)/t40-/m0/s1. The molecule has 3 heterocycles. The Morgan fingerprint density at radius 1 is 0.739 bits per heavy atom. The summed E-state index contributed by atoms with van der Waals surface area (Å²) in [4.78, 5) is 52.7. The summed E-state index contributed by atoms with van der Waals surface area (Å²) in [7, 11) is 4.67. The number of nitrogens with zero attached hydrogens (tertiary/aromatic N) is 4. The molecule has 0 aromatic heterocycles. The summed E-state index contributed by atoms with van der Waals surface area (Å²) in [6.45, 7) is 3.16. The lowest BCUT2D eigenvalue weighted by molar-refractivity contribution is -0.137. The van der Waals surface area contributed by atoms with Crippen molar-refractivity contribution in [3.05, 3.63) is 124 Å². The molecule has 360 valence electrons. The fraction of sp³-hybridized carbons (Fsp3) is 0.340. The predicted molar refractivity (Wildman–Crippen MR) is 263 cm³/mol. The van der Waals surface area contributed by atoms with Crippen LogP contribution < -0.4 is 34.1 Å². The first-order chi connectivity index (χ1) is 33.7. The third-order valence-corrected chi connectivity index (χ3v) is 12.0. The summed E-state index contributed by atoms with van der Waals surface area (Å²) in [5, 5.41) is 12.6. The molecule has 0 bridgehead atoms. The fourth-order valence-corrected chi connectivity index (χ4v) is 8.58. The van der Waals surface area contributed by atoms with Gasteiger partial charge in [-0.25, -0.2) is 0 Å². The molecule has 1 atom stereocenters. The fourth-order valence-electron chi connectivity index (χ4n) is 8.58. The molecule has 2 amide bonds. The number of methoxy groups -OCH3 is 3. The van der Waals surface area contributed by atoms with Crippen LogP contribution in [0.15, 0.2) is 101 Å². The number of rotatable bonds is 22. The highest BCUT2D eigenvalue weighted by molar-refractivity contribution is 6.15. The van der Waals surface area contributed by atoms with Crippen LogP contribution in [0.4, 0.5) is 28.4 Å². The maximum Gasteiger partial charge on any atom is 0.303 e. The molecule has 16 nitrogen and oxygen atoms in total. The summed E-state index contributed by atoms with van der Waals surface area (Å²) < 4.78 is 41.2. The van der Waals surface area contributed by atoms with Crippen molar-refractivity contribution in [1.82, 2.24) is 0 Å². The summed E-state index contributed by atoms with van der Waals surface area (Å²) >= 11 is 0. The second kappa shape index (κ2) is 23.2. The van der Waals surface area contributed by atoms with Gasteiger partial charge in [-0.15, -0.1) is 0 Å². The first kappa shape index (κ1) is 48.2. The third-order valence-electron chi connectivity index (χ3n) is 12.0.